The van der Waals surface area contributed by atoms with Gasteiger partial charge in [-0.2, -0.15) is 0 Å². The van der Waals surface area contributed by atoms with Gasteiger partial charge in [-0.3, -0.25) is 0 Å². The monoisotopic (exact) mass is 804 g/mol. The third kappa shape index (κ3) is 6.21. The minimum atomic E-state index is 0.880. The molecule has 0 N–H and O–H groups in total. The third-order valence-corrected chi connectivity index (χ3v) is 12.5. The normalized spacial score (nSPS) is 11.5. The predicted molar refractivity (Wildman–Crippen MR) is 264 cm³/mol. The van der Waals surface area contributed by atoms with Gasteiger partial charge in [-0.1, -0.05) is 194 Å². The minimum Gasteiger partial charge on any atom is -0.455 e. The molecule has 0 radical (unpaired) electrons. The van der Waals surface area contributed by atoms with E-state index in [4.69, 9.17) is 4.42 Å². The molecule has 3 nitrogen and oxygen atoms in total. The van der Waals surface area contributed by atoms with Gasteiger partial charge in [0.1, 0.15) is 11.2 Å². The fourth-order valence-corrected chi connectivity index (χ4v) is 9.53. The van der Waals surface area contributed by atoms with E-state index in [1.54, 1.807) is 0 Å². The highest BCUT2D eigenvalue weighted by atomic mass is 16.3. The average molecular weight is 805 g/mol. The van der Waals surface area contributed by atoms with Crippen LogP contribution in [0.4, 0.5) is 17.1 Å². The van der Waals surface area contributed by atoms with Crippen LogP contribution < -0.4 is 4.90 Å². The summed E-state index contributed by atoms with van der Waals surface area (Å²) in [6.45, 7) is 0. The molecule has 0 fully saturated rings. The molecule has 10 aromatic carbocycles. The van der Waals surface area contributed by atoms with Crippen molar-refractivity contribution in [3.63, 3.8) is 0 Å². The lowest BCUT2D eigenvalue weighted by Gasteiger charge is -2.30. The number of fused-ring (bicyclic) bond motifs is 6. The highest BCUT2D eigenvalue weighted by molar-refractivity contribution is 6.12. The lowest BCUT2D eigenvalue weighted by molar-refractivity contribution is 0.670. The number of benzene rings is 10. The molecular formula is C60H40N2O. The first-order valence-corrected chi connectivity index (χ1v) is 21.5. The second-order valence-electron chi connectivity index (χ2n) is 16.0. The summed E-state index contributed by atoms with van der Waals surface area (Å²) in [6.07, 6.45) is 0. The van der Waals surface area contributed by atoms with Gasteiger partial charge < -0.3 is 13.9 Å². The zero-order valence-electron chi connectivity index (χ0n) is 34.4. The van der Waals surface area contributed by atoms with Gasteiger partial charge in [0, 0.05) is 49.5 Å². The van der Waals surface area contributed by atoms with E-state index in [9.17, 15) is 0 Å². The van der Waals surface area contributed by atoms with Crippen molar-refractivity contribution in [3.8, 4) is 50.2 Å². The molecule has 0 saturated heterocycles. The molecule has 296 valence electrons. The summed E-state index contributed by atoms with van der Waals surface area (Å²) in [5.41, 5.74) is 17.5. The standard InChI is InChI=1S/C60H40N2O/c1-2-17-41(18-3-1)42-33-35-43(36-34-42)44-37-39-45(40-38-44)61(55-28-11-8-23-50(55)52-25-16-26-53-51-24-9-15-32-59(51)63-60(52)53)54-27-10-4-19-46(54)47-20-5-12-29-56(47)62-57-30-13-6-21-48(57)49-22-7-14-31-58(49)62/h1-40H. The van der Waals surface area contributed by atoms with Gasteiger partial charge in [0.2, 0.25) is 0 Å². The van der Waals surface area contributed by atoms with E-state index < -0.39 is 0 Å². The summed E-state index contributed by atoms with van der Waals surface area (Å²) in [7, 11) is 0. The van der Waals surface area contributed by atoms with Gasteiger partial charge in [-0.15, -0.1) is 0 Å². The van der Waals surface area contributed by atoms with Gasteiger partial charge in [0.05, 0.1) is 28.1 Å². The molecule has 0 amide bonds. The first kappa shape index (κ1) is 36.5. The van der Waals surface area contributed by atoms with Crippen molar-refractivity contribution in [2.24, 2.45) is 0 Å². The number of rotatable bonds is 8. The van der Waals surface area contributed by atoms with E-state index >= 15 is 0 Å². The summed E-state index contributed by atoms with van der Waals surface area (Å²) >= 11 is 0. The lowest BCUT2D eigenvalue weighted by Crippen LogP contribution is -2.13. The van der Waals surface area contributed by atoms with Crippen molar-refractivity contribution in [2.45, 2.75) is 0 Å². The Morgan fingerprint density at radius 1 is 0.302 bits per heavy atom. The largest absolute Gasteiger partial charge is 0.455 e. The third-order valence-electron chi connectivity index (χ3n) is 12.5. The molecular weight excluding hydrogens is 765 g/mol. The van der Waals surface area contributed by atoms with Crippen LogP contribution in [0.25, 0.3) is 93.9 Å². The molecule has 0 aliphatic rings. The first-order chi connectivity index (χ1) is 31.3. The first-order valence-electron chi connectivity index (χ1n) is 21.5. The van der Waals surface area contributed by atoms with E-state index in [0.717, 1.165) is 72.5 Å². The number of hydrogen-bond donors (Lipinski definition) is 0. The van der Waals surface area contributed by atoms with Crippen molar-refractivity contribution in [1.82, 2.24) is 4.57 Å². The van der Waals surface area contributed by atoms with Crippen LogP contribution in [0, 0.1) is 0 Å². The quantitative estimate of drug-likeness (QED) is 0.153. The topological polar surface area (TPSA) is 21.3 Å². The summed E-state index contributed by atoms with van der Waals surface area (Å²) in [5, 5.41) is 4.69. The molecule has 0 bridgehead atoms. The fraction of sp³-hybridized carbons (Fsp3) is 0. The van der Waals surface area contributed by atoms with E-state index in [1.165, 1.54) is 38.5 Å². The Bertz CT molecular complexity index is 3560. The Labute approximate surface area is 366 Å². The smallest absolute Gasteiger partial charge is 0.143 e. The molecule has 63 heavy (non-hydrogen) atoms. The van der Waals surface area contributed by atoms with Gasteiger partial charge in [0.15, 0.2) is 0 Å². The summed E-state index contributed by atoms with van der Waals surface area (Å²) < 4.78 is 9.11. The number of para-hydroxylation sites is 7. The zero-order chi connectivity index (χ0) is 41.7. The maximum atomic E-state index is 6.68. The highest BCUT2D eigenvalue weighted by Crippen LogP contribution is 2.48. The lowest BCUT2D eigenvalue weighted by atomic mass is 9.96. The van der Waals surface area contributed by atoms with Crippen molar-refractivity contribution >= 4 is 60.8 Å². The molecule has 0 saturated carbocycles. The predicted octanol–water partition coefficient (Wildman–Crippen LogP) is 16.8. The van der Waals surface area contributed by atoms with E-state index in [1.807, 2.05) is 6.07 Å². The molecule has 0 unspecified atom stereocenters. The van der Waals surface area contributed by atoms with Crippen LogP contribution in [0.3, 0.4) is 0 Å². The average Bonchev–Trinajstić information content (AvgIpc) is 3.91. The molecule has 3 heteroatoms. The molecule has 12 rings (SSSR count). The molecule has 2 aromatic heterocycles. The van der Waals surface area contributed by atoms with Crippen molar-refractivity contribution in [3.05, 3.63) is 243 Å². The summed E-state index contributed by atoms with van der Waals surface area (Å²) in [5.74, 6) is 0. The van der Waals surface area contributed by atoms with Crippen LogP contribution >= 0.6 is 0 Å². The molecule has 0 aliphatic carbocycles. The Morgan fingerprint density at radius 3 is 1.40 bits per heavy atom. The van der Waals surface area contributed by atoms with Gasteiger partial charge in [0.25, 0.3) is 0 Å². The number of anilines is 3. The number of hydrogen-bond acceptors (Lipinski definition) is 2. The van der Waals surface area contributed by atoms with E-state index in [0.29, 0.717) is 0 Å². The second-order valence-corrected chi connectivity index (χ2v) is 16.0. The summed E-state index contributed by atoms with van der Waals surface area (Å²) in [4.78, 5) is 2.43. The van der Waals surface area contributed by atoms with Crippen LogP contribution in [-0.4, -0.2) is 4.57 Å². The van der Waals surface area contributed by atoms with E-state index in [-0.39, 0.29) is 0 Å². The van der Waals surface area contributed by atoms with Gasteiger partial charge >= 0.3 is 0 Å². The maximum Gasteiger partial charge on any atom is 0.143 e. The SMILES string of the molecule is c1ccc(-c2ccc(-c3ccc(N(c4ccccc4-c4ccccc4-n4c5ccccc5c5ccccc54)c4ccccc4-c4cccc5c4oc4ccccc45)cc3)cc2)cc1. The number of aromatic nitrogens is 1. The Morgan fingerprint density at radius 2 is 0.746 bits per heavy atom. The van der Waals surface area contributed by atoms with Crippen LogP contribution in [0.2, 0.25) is 0 Å². The Balaban J connectivity index is 1.06. The minimum absolute atomic E-state index is 0.880. The Hall–Kier alpha value is -8.40. The highest BCUT2D eigenvalue weighted by Gasteiger charge is 2.24. The second kappa shape index (κ2) is 15.3. The molecule has 0 spiro atoms. The molecule has 2 heterocycles. The Kier molecular flexibility index (Phi) is 8.83. The number of nitrogens with zero attached hydrogens (tertiary/aromatic N) is 2. The summed E-state index contributed by atoms with van der Waals surface area (Å²) in [6, 6.07) is 87.1. The molecule has 12 aromatic rings. The van der Waals surface area contributed by atoms with Crippen molar-refractivity contribution in [1.29, 1.82) is 0 Å². The fourth-order valence-electron chi connectivity index (χ4n) is 9.53. The molecule has 0 atom stereocenters. The van der Waals surface area contributed by atoms with E-state index in [2.05, 4.69) is 246 Å². The van der Waals surface area contributed by atoms with Crippen molar-refractivity contribution < 1.29 is 4.42 Å². The van der Waals surface area contributed by atoms with Gasteiger partial charge in [-0.25, -0.2) is 0 Å². The number of furan rings is 1. The van der Waals surface area contributed by atoms with Crippen LogP contribution in [-0.2, 0) is 0 Å². The zero-order valence-corrected chi connectivity index (χ0v) is 34.4. The van der Waals surface area contributed by atoms with Crippen LogP contribution in [0.1, 0.15) is 0 Å². The molecule has 0 aliphatic heterocycles. The van der Waals surface area contributed by atoms with Crippen molar-refractivity contribution in [2.75, 3.05) is 4.90 Å². The van der Waals surface area contributed by atoms with Crippen LogP contribution in [0.5, 0.6) is 0 Å². The van der Waals surface area contributed by atoms with Crippen LogP contribution in [0.15, 0.2) is 247 Å². The van der Waals surface area contributed by atoms with Gasteiger partial charge in [-0.05, 0) is 70.8 Å². The maximum absolute atomic E-state index is 6.68.